The van der Waals surface area contributed by atoms with Crippen LogP contribution in [0, 0.1) is 12.3 Å². The largest absolute Gasteiger partial charge is 0.313 e. The highest BCUT2D eigenvalue weighted by atomic mass is 79.9. The Bertz CT molecular complexity index is 436. The molecular weight excluding hydrogens is 354 g/mol. The van der Waals surface area contributed by atoms with E-state index in [2.05, 4.69) is 70.2 Å². The first-order valence-electron chi connectivity index (χ1n) is 6.61. The molecule has 1 aliphatic rings. The zero-order chi connectivity index (χ0) is 13.3. The van der Waals surface area contributed by atoms with E-state index < -0.39 is 0 Å². The molecule has 1 aliphatic carbocycles. The maximum Gasteiger partial charge on any atom is 0.0383 e. The molecule has 0 aliphatic heterocycles. The summed E-state index contributed by atoms with van der Waals surface area (Å²) in [5, 5.41) is 3.54. The van der Waals surface area contributed by atoms with Crippen molar-refractivity contribution in [3.05, 3.63) is 32.2 Å². The molecule has 18 heavy (non-hydrogen) atoms. The van der Waals surface area contributed by atoms with Crippen molar-refractivity contribution < 1.29 is 0 Å². The Labute approximate surface area is 127 Å². The molecule has 1 aromatic rings. The van der Waals surface area contributed by atoms with Gasteiger partial charge in [0.25, 0.3) is 0 Å². The average molecular weight is 375 g/mol. The van der Waals surface area contributed by atoms with Crippen LogP contribution >= 0.6 is 31.9 Å². The molecule has 1 saturated carbocycles. The summed E-state index contributed by atoms with van der Waals surface area (Å²) >= 11 is 7.39. The zero-order valence-corrected chi connectivity index (χ0v) is 14.5. The van der Waals surface area contributed by atoms with Gasteiger partial charge in [0.2, 0.25) is 0 Å². The topological polar surface area (TPSA) is 12.0 Å². The van der Waals surface area contributed by atoms with E-state index in [1.165, 1.54) is 45.8 Å². The van der Waals surface area contributed by atoms with Gasteiger partial charge in [-0.05, 0) is 55.5 Å². The van der Waals surface area contributed by atoms with Crippen LogP contribution in [0.15, 0.2) is 21.1 Å². The molecule has 1 N–H and O–H groups in total. The van der Waals surface area contributed by atoms with Crippen LogP contribution < -0.4 is 5.32 Å². The highest BCUT2D eigenvalue weighted by Crippen LogP contribution is 2.48. The Morgan fingerprint density at radius 1 is 1.17 bits per heavy atom. The van der Waals surface area contributed by atoms with Crippen molar-refractivity contribution in [3.63, 3.8) is 0 Å². The Morgan fingerprint density at radius 3 is 2.33 bits per heavy atom. The van der Waals surface area contributed by atoms with E-state index in [0.717, 1.165) is 0 Å². The minimum Gasteiger partial charge on any atom is -0.313 e. The van der Waals surface area contributed by atoms with Crippen molar-refractivity contribution in [2.24, 2.45) is 5.41 Å². The predicted molar refractivity (Wildman–Crippen MR) is 85.0 cm³/mol. The highest BCUT2D eigenvalue weighted by molar-refractivity contribution is 9.11. The Balaban J connectivity index is 2.41. The van der Waals surface area contributed by atoms with E-state index >= 15 is 0 Å². The number of rotatable bonds is 3. The second kappa shape index (κ2) is 5.64. The minimum atomic E-state index is 0.381. The van der Waals surface area contributed by atoms with Gasteiger partial charge in [0, 0.05) is 15.0 Å². The number of nitrogens with one attached hydrogen (secondary N) is 1. The lowest BCUT2D eigenvalue weighted by Gasteiger charge is -2.35. The maximum absolute atomic E-state index is 3.73. The van der Waals surface area contributed by atoms with Crippen LogP contribution in [0.25, 0.3) is 0 Å². The van der Waals surface area contributed by atoms with Gasteiger partial charge in [0.15, 0.2) is 0 Å². The van der Waals surface area contributed by atoms with Crippen LogP contribution in [-0.2, 0) is 0 Å². The van der Waals surface area contributed by atoms with E-state index in [-0.39, 0.29) is 0 Å². The minimum absolute atomic E-state index is 0.381. The molecule has 0 saturated heterocycles. The van der Waals surface area contributed by atoms with E-state index in [4.69, 9.17) is 0 Å². The third kappa shape index (κ3) is 2.68. The molecule has 3 heteroatoms. The Kier molecular flexibility index (Phi) is 4.56. The fourth-order valence-electron chi connectivity index (χ4n) is 3.23. The fraction of sp³-hybridized carbons (Fsp3) is 0.600. The van der Waals surface area contributed by atoms with Crippen molar-refractivity contribution in [3.8, 4) is 0 Å². The molecule has 0 bridgehead atoms. The van der Waals surface area contributed by atoms with Crippen LogP contribution in [-0.4, -0.2) is 7.05 Å². The summed E-state index contributed by atoms with van der Waals surface area (Å²) in [4.78, 5) is 0. The fourth-order valence-corrected chi connectivity index (χ4v) is 4.28. The molecule has 0 radical (unpaired) electrons. The first kappa shape index (κ1) is 14.5. The summed E-state index contributed by atoms with van der Waals surface area (Å²) in [5.74, 6) is 0. The van der Waals surface area contributed by atoms with Gasteiger partial charge in [-0.3, -0.25) is 0 Å². The molecule has 1 aromatic carbocycles. The van der Waals surface area contributed by atoms with Crippen LogP contribution in [0.3, 0.4) is 0 Å². The van der Waals surface area contributed by atoms with Crippen molar-refractivity contribution in [1.82, 2.24) is 5.32 Å². The highest BCUT2D eigenvalue weighted by Gasteiger charge is 2.37. The lowest BCUT2D eigenvalue weighted by Crippen LogP contribution is -2.32. The van der Waals surface area contributed by atoms with Crippen molar-refractivity contribution in [1.29, 1.82) is 0 Å². The quantitative estimate of drug-likeness (QED) is 0.750. The number of hydrogen-bond acceptors (Lipinski definition) is 1. The second-order valence-electron chi connectivity index (χ2n) is 5.71. The Hall–Kier alpha value is 0.140. The first-order chi connectivity index (χ1) is 8.48. The van der Waals surface area contributed by atoms with Crippen LogP contribution in [0.5, 0.6) is 0 Å². The maximum atomic E-state index is 3.73. The molecule has 1 nitrogen and oxygen atoms in total. The van der Waals surface area contributed by atoms with Gasteiger partial charge in [0.1, 0.15) is 0 Å². The van der Waals surface area contributed by atoms with E-state index in [9.17, 15) is 0 Å². The molecule has 1 atom stereocenters. The van der Waals surface area contributed by atoms with Crippen LogP contribution in [0.4, 0.5) is 0 Å². The molecule has 0 spiro atoms. The summed E-state index contributed by atoms with van der Waals surface area (Å²) in [7, 11) is 2.08. The molecule has 0 amide bonds. The van der Waals surface area contributed by atoms with E-state index in [1.807, 2.05) is 0 Å². The lowest BCUT2D eigenvalue weighted by molar-refractivity contribution is 0.233. The summed E-state index contributed by atoms with van der Waals surface area (Å²) in [5.41, 5.74) is 3.03. The monoisotopic (exact) mass is 373 g/mol. The number of halogens is 2. The summed E-state index contributed by atoms with van der Waals surface area (Å²) in [6.45, 7) is 4.55. The molecule has 0 heterocycles. The van der Waals surface area contributed by atoms with Gasteiger partial charge in [0.05, 0.1) is 0 Å². The van der Waals surface area contributed by atoms with Gasteiger partial charge in [-0.2, -0.15) is 0 Å². The Morgan fingerprint density at radius 2 is 1.78 bits per heavy atom. The number of hydrogen-bond donors (Lipinski definition) is 1. The summed E-state index contributed by atoms with van der Waals surface area (Å²) in [6, 6.07) is 4.90. The molecule has 2 rings (SSSR count). The van der Waals surface area contributed by atoms with E-state index in [1.54, 1.807) is 0 Å². The van der Waals surface area contributed by atoms with Gasteiger partial charge < -0.3 is 5.32 Å². The van der Waals surface area contributed by atoms with Crippen molar-refractivity contribution in [2.75, 3.05) is 7.05 Å². The lowest BCUT2D eigenvalue weighted by atomic mass is 9.77. The van der Waals surface area contributed by atoms with Crippen molar-refractivity contribution >= 4 is 31.9 Å². The average Bonchev–Trinajstić information content (AvgIpc) is 2.74. The van der Waals surface area contributed by atoms with Gasteiger partial charge in [-0.15, -0.1) is 0 Å². The smallest absolute Gasteiger partial charge is 0.0383 e. The van der Waals surface area contributed by atoms with Gasteiger partial charge >= 0.3 is 0 Å². The molecule has 1 unspecified atom stereocenters. The third-order valence-electron chi connectivity index (χ3n) is 4.32. The molecule has 100 valence electrons. The first-order valence-corrected chi connectivity index (χ1v) is 8.19. The zero-order valence-electron chi connectivity index (χ0n) is 11.3. The van der Waals surface area contributed by atoms with Crippen LogP contribution in [0.1, 0.15) is 49.8 Å². The SMILES string of the molecule is CNC(c1cc(Br)c(C)cc1Br)C1(C)CCCC1. The molecular formula is C15H21Br2N. The number of aryl methyl sites for hydroxylation is 1. The van der Waals surface area contributed by atoms with E-state index in [0.29, 0.717) is 11.5 Å². The standard InChI is InChI=1S/C15H21Br2N/c1-10-8-13(17)11(9-12(10)16)14(18-3)15(2)6-4-5-7-15/h8-9,14,18H,4-7H2,1-3H3. The van der Waals surface area contributed by atoms with Crippen molar-refractivity contribution in [2.45, 2.75) is 45.6 Å². The molecule has 1 fully saturated rings. The summed E-state index contributed by atoms with van der Waals surface area (Å²) in [6.07, 6.45) is 5.35. The van der Waals surface area contributed by atoms with Gasteiger partial charge in [-0.1, -0.05) is 51.6 Å². The second-order valence-corrected chi connectivity index (χ2v) is 7.41. The molecule has 0 aromatic heterocycles. The third-order valence-corrected chi connectivity index (χ3v) is 5.86. The van der Waals surface area contributed by atoms with Gasteiger partial charge in [-0.25, -0.2) is 0 Å². The predicted octanol–water partition coefficient (Wildman–Crippen LogP) is 5.36. The summed E-state index contributed by atoms with van der Waals surface area (Å²) < 4.78 is 2.42. The number of benzene rings is 1. The normalized spacial score (nSPS) is 20.1. The van der Waals surface area contributed by atoms with Crippen LogP contribution in [0.2, 0.25) is 0 Å².